The SMILES string of the molecule is C/C(N)=C1\CNCCC1=N. The normalized spacial score (nSPS) is 24.7. The van der Waals surface area contributed by atoms with Gasteiger partial charge in [0.1, 0.15) is 0 Å². The molecule has 0 unspecified atom stereocenters. The lowest BCUT2D eigenvalue weighted by atomic mass is 10.0. The summed E-state index contributed by atoms with van der Waals surface area (Å²) in [6, 6.07) is 0. The van der Waals surface area contributed by atoms with E-state index in [0.29, 0.717) is 5.71 Å². The number of rotatable bonds is 0. The van der Waals surface area contributed by atoms with Crippen molar-refractivity contribution in [2.24, 2.45) is 5.73 Å². The van der Waals surface area contributed by atoms with Crippen LogP contribution in [0.5, 0.6) is 0 Å². The predicted octanol–water partition coefficient (Wildman–Crippen LogP) is 0.232. The Bertz CT molecular complexity index is 177. The van der Waals surface area contributed by atoms with E-state index in [2.05, 4.69) is 5.32 Å². The van der Waals surface area contributed by atoms with Gasteiger partial charge in [-0.3, -0.25) is 0 Å². The summed E-state index contributed by atoms with van der Waals surface area (Å²) in [5.41, 5.74) is 8.00. The molecule has 1 aliphatic rings. The molecule has 0 aromatic carbocycles. The van der Waals surface area contributed by atoms with Gasteiger partial charge in [0.2, 0.25) is 0 Å². The van der Waals surface area contributed by atoms with Crippen LogP contribution >= 0.6 is 0 Å². The molecule has 0 radical (unpaired) electrons. The van der Waals surface area contributed by atoms with Crippen molar-refractivity contribution in [3.05, 3.63) is 11.3 Å². The van der Waals surface area contributed by atoms with Gasteiger partial charge in [-0.15, -0.1) is 0 Å². The van der Waals surface area contributed by atoms with Gasteiger partial charge in [-0.25, -0.2) is 0 Å². The van der Waals surface area contributed by atoms with Crippen molar-refractivity contribution in [2.45, 2.75) is 13.3 Å². The lowest BCUT2D eigenvalue weighted by molar-refractivity contribution is 0.722. The fourth-order valence-electron chi connectivity index (χ4n) is 1.06. The average Bonchev–Trinajstić information content (AvgIpc) is 1.88. The monoisotopic (exact) mass is 139 g/mol. The van der Waals surface area contributed by atoms with Crippen LogP contribution in [0, 0.1) is 5.41 Å². The molecule has 1 heterocycles. The Balaban J connectivity index is 2.75. The molecule has 56 valence electrons. The van der Waals surface area contributed by atoms with Crippen LogP contribution in [0.1, 0.15) is 13.3 Å². The second-order valence-electron chi connectivity index (χ2n) is 2.57. The lowest BCUT2D eigenvalue weighted by Gasteiger charge is -2.17. The van der Waals surface area contributed by atoms with Crippen molar-refractivity contribution in [1.82, 2.24) is 5.32 Å². The third-order valence-electron chi connectivity index (χ3n) is 1.69. The molecule has 0 bridgehead atoms. The van der Waals surface area contributed by atoms with Crippen molar-refractivity contribution in [3.63, 3.8) is 0 Å². The molecular weight excluding hydrogens is 126 g/mol. The van der Waals surface area contributed by atoms with E-state index in [1.807, 2.05) is 6.92 Å². The summed E-state index contributed by atoms with van der Waals surface area (Å²) in [6.07, 6.45) is 0.809. The van der Waals surface area contributed by atoms with E-state index < -0.39 is 0 Å². The van der Waals surface area contributed by atoms with Gasteiger partial charge in [-0.05, 0) is 6.92 Å². The second-order valence-corrected chi connectivity index (χ2v) is 2.57. The smallest absolute Gasteiger partial charge is 0.0388 e. The molecule has 0 aliphatic carbocycles. The van der Waals surface area contributed by atoms with E-state index in [1.54, 1.807) is 0 Å². The molecule has 0 spiro atoms. The number of hydrogen-bond donors (Lipinski definition) is 3. The summed E-state index contributed by atoms with van der Waals surface area (Å²) in [7, 11) is 0. The van der Waals surface area contributed by atoms with E-state index in [4.69, 9.17) is 11.1 Å². The van der Waals surface area contributed by atoms with Crippen molar-refractivity contribution in [3.8, 4) is 0 Å². The largest absolute Gasteiger partial charge is 0.402 e. The van der Waals surface area contributed by atoms with Crippen molar-refractivity contribution in [1.29, 1.82) is 5.41 Å². The topological polar surface area (TPSA) is 61.9 Å². The zero-order valence-electron chi connectivity index (χ0n) is 6.20. The molecule has 1 saturated heterocycles. The zero-order valence-corrected chi connectivity index (χ0v) is 6.20. The molecule has 0 saturated carbocycles. The average molecular weight is 139 g/mol. The number of nitrogens with one attached hydrogen (secondary N) is 2. The van der Waals surface area contributed by atoms with Crippen LogP contribution in [-0.4, -0.2) is 18.8 Å². The van der Waals surface area contributed by atoms with E-state index in [-0.39, 0.29) is 0 Å². The molecular formula is C7H13N3. The molecule has 0 amide bonds. The van der Waals surface area contributed by atoms with Crippen LogP contribution in [-0.2, 0) is 0 Å². The molecule has 0 aromatic heterocycles. The highest BCUT2D eigenvalue weighted by molar-refractivity contribution is 5.99. The fourth-order valence-corrected chi connectivity index (χ4v) is 1.06. The first-order chi connectivity index (χ1) is 4.72. The summed E-state index contributed by atoms with van der Waals surface area (Å²) in [4.78, 5) is 0. The molecule has 1 fully saturated rings. The van der Waals surface area contributed by atoms with Gasteiger partial charge in [-0.2, -0.15) is 0 Å². The van der Waals surface area contributed by atoms with Crippen molar-refractivity contribution < 1.29 is 0 Å². The minimum absolute atomic E-state index is 0.693. The minimum Gasteiger partial charge on any atom is -0.402 e. The second kappa shape index (κ2) is 2.84. The molecule has 4 N–H and O–H groups in total. The first-order valence-electron chi connectivity index (χ1n) is 3.45. The van der Waals surface area contributed by atoms with Gasteiger partial charge < -0.3 is 16.5 Å². The van der Waals surface area contributed by atoms with Crippen LogP contribution < -0.4 is 11.1 Å². The van der Waals surface area contributed by atoms with Crippen molar-refractivity contribution >= 4 is 5.71 Å². The highest BCUT2D eigenvalue weighted by atomic mass is 14.9. The first kappa shape index (κ1) is 7.28. The Hall–Kier alpha value is -0.830. The van der Waals surface area contributed by atoms with E-state index in [9.17, 15) is 0 Å². The Morgan fingerprint density at radius 1 is 1.70 bits per heavy atom. The molecule has 1 aliphatic heterocycles. The van der Waals surface area contributed by atoms with Gasteiger partial charge >= 0.3 is 0 Å². The predicted molar refractivity (Wildman–Crippen MR) is 42.1 cm³/mol. The summed E-state index contributed by atoms with van der Waals surface area (Å²) >= 11 is 0. The van der Waals surface area contributed by atoms with Gasteiger partial charge in [0.25, 0.3) is 0 Å². The van der Waals surface area contributed by atoms with Gasteiger partial charge in [-0.1, -0.05) is 0 Å². The van der Waals surface area contributed by atoms with Crippen LogP contribution in [0.2, 0.25) is 0 Å². The summed E-state index contributed by atoms with van der Waals surface area (Å²) in [5.74, 6) is 0. The summed E-state index contributed by atoms with van der Waals surface area (Å²) < 4.78 is 0. The summed E-state index contributed by atoms with van der Waals surface area (Å²) in [6.45, 7) is 3.52. The van der Waals surface area contributed by atoms with Gasteiger partial charge in [0.15, 0.2) is 0 Å². The number of piperidine rings is 1. The maximum absolute atomic E-state index is 7.50. The molecule has 3 nitrogen and oxygen atoms in total. The molecule has 1 rings (SSSR count). The highest BCUT2D eigenvalue weighted by Crippen LogP contribution is 2.06. The van der Waals surface area contributed by atoms with Gasteiger partial charge in [0.05, 0.1) is 0 Å². The first-order valence-corrected chi connectivity index (χ1v) is 3.45. The number of hydrogen-bond acceptors (Lipinski definition) is 3. The van der Waals surface area contributed by atoms with Crippen LogP contribution in [0.15, 0.2) is 11.3 Å². The van der Waals surface area contributed by atoms with Crippen LogP contribution in [0.3, 0.4) is 0 Å². The fraction of sp³-hybridized carbons (Fsp3) is 0.571. The molecule has 0 aromatic rings. The maximum Gasteiger partial charge on any atom is 0.0388 e. The Labute approximate surface area is 60.8 Å². The Morgan fingerprint density at radius 3 is 2.80 bits per heavy atom. The maximum atomic E-state index is 7.50. The van der Waals surface area contributed by atoms with Crippen LogP contribution in [0.25, 0.3) is 0 Å². The Kier molecular flexibility index (Phi) is 2.06. The highest BCUT2D eigenvalue weighted by Gasteiger charge is 2.11. The quantitative estimate of drug-likeness (QED) is 0.450. The Morgan fingerprint density at radius 2 is 2.40 bits per heavy atom. The van der Waals surface area contributed by atoms with Crippen LogP contribution in [0.4, 0.5) is 0 Å². The number of nitrogens with two attached hydrogens (primary N) is 1. The van der Waals surface area contributed by atoms with E-state index in [1.165, 1.54) is 0 Å². The van der Waals surface area contributed by atoms with Crippen molar-refractivity contribution in [2.75, 3.05) is 13.1 Å². The molecule has 0 atom stereocenters. The zero-order chi connectivity index (χ0) is 7.56. The number of allylic oxidation sites excluding steroid dienone is 1. The molecule has 10 heavy (non-hydrogen) atoms. The third kappa shape index (κ3) is 1.36. The van der Waals surface area contributed by atoms with Gasteiger partial charge in [0, 0.05) is 36.5 Å². The standard InChI is InChI=1S/C7H13N3/c1-5(8)6-4-10-3-2-7(6)9/h9-10H,2-4,8H2,1H3/b6-5-,9-7?. The summed E-state index contributed by atoms with van der Waals surface area (Å²) in [5, 5.41) is 10.7. The minimum atomic E-state index is 0.693. The lowest BCUT2D eigenvalue weighted by Crippen LogP contribution is -2.31. The van der Waals surface area contributed by atoms with E-state index >= 15 is 0 Å². The third-order valence-corrected chi connectivity index (χ3v) is 1.69. The van der Waals surface area contributed by atoms with E-state index in [0.717, 1.165) is 30.8 Å². The molecule has 3 heteroatoms.